The molecule has 0 radical (unpaired) electrons. The molecule has 1 aromatic heterocycles. The van der Waals surface area contributed by atoms with Crippen LogP contribution in [0.4, 0.5) is 0 Å². The van der Waals surface area contributed by atoms with Crippen LogP contribution in [0.1, 0.15) is 23.5 Å². The number of fused-ring (bicyclic) bond motifs is 3. The first kappa shape index (κ1) is 20.6. The maximum Gasteiger partial charge on any atom is 0.312 e. The second kappa shape index (κ2) is 8.02. The van der Waals surface area contributed by atoms with Crippen LogP contribution < -0.4 is 19.6 Å². The van der Waals surface area contributed by atoms with Crippen LogP contribution >= 0.6 is 0 Å². The predicted octanol–water partition coefficient (Wildman–Crippen LogP) is 4.62. The van der Waals surface area contributed by atoms with Gasteiger partial charge in [0.25, 0.3) is 0 Å². The number of rotatable bonds is 4. The Labute approximate surface area is 188 Å². The van der Waals surface area contributed by atoms with Gasteiger partial charge in [-0.25, -0.2) is 0 Å². The van der Waals surface area contributed by atoms with E-state index in [-0.39, 0.29) is 34.5 Å². The molecule has 4 aromatic rings. The highest BCUT2D eigenvalue weighted by molar-refractivity contribution is 5.94. The molecule has 7 nitrogen and oxygen atoms in total. The quantitative estimate of drug-likeness (QED) is 0.362. The van der Waals surface area contributed by atoms with Crippen LogP contribution in [-0.2, 0) is 4.79 Å². The number of aromatic hydroxyl groups is 1. The minimum Gasteiger partial charge on any atom is -0.507 e. The molecule has 7 heteroatoms. The van der Waals surface area contributed by atoms with Gasteiger partial charge in [-0.2, -0.15) is 0 Å². The van der Waals surface area contributed by atoms with Gasteiger partial charge in [0.2, 0.25) is 5.43 Å². The Balaban J connectivity index is 1.76. The van der Waals surface area contributed by atoms with Crippen LogP contribution in [0.25, 0.3) is 22.1 Å². The fraction of sp³-hybridized carbons (Fsp3) is 0.154. The van der Waals surface area contributed by atoms with E-state index in [0.717, 1.165) is 5.56 Å². The monoisotopic (exact) mass is 444 g/mol. The normalized spacial score (nSPS) is 15.1. The van der Waals surface area contributed by atoms with Crippen LogP contribution in [-0.4, -0.2) is 25.3 Å². The van der Waals surface area contributed by atoms with Gasteiger partial charge in [-0.15, -0.1) is 0 Å². The maximum atomic E-state index is 13.5. The molecular formula is C26H20O7. The Morgan fingerprint density at radius 1 is 0.970 bits per heavy atom. The largest absolute Gasteiger partial charge is 0.507 e. The van der Waals surface area contributed by atoms with Crippen molar-refractivity contribution in [3.05, 3.63) is 82.2 Å². The predicted molar refractivity (Wildman–Crippen MR) is 121 cm³/mol. The summed E-state index contributed by atoms with van der Waals surface area (Å²) in [6.45, 7) is 0. The average Bonchev–Trinajstić information content (AvgIpc) is 2.83. The summed E-state index contributed by atoms with van der Waals surface area (Å²) in [5, 5.41) is 10.7. The molecule has 0 spiro atoms. The van der Waals surface area contributed by atoms with E-state index >= 15 is 0 Å². The number of hydrogen-bond acceptors (Lipinski definition) is 7. The highest BCUT2D eigenvalue weighted by Crippen LogP contribution is 2.46. The summed E-state index contributed by atoms with van der Waals surface area (Å²) in [7, 11) is 3.09. The van der Waals surface area contributed by atoms with Crippen molar-refractivity contribution >= 4 is 16.9 Å². The summed E-state index contributed by atoms with van der Waals surface area (Å²) in [5.74, 6) is 0.181. The number of carbonyl (C=O) groups is 1. The van der Waals surface area contributed by atoms with Crippen molar-refractivity contribution < 1.29 is 28.5 Å². The van der Waals surface area contributed by atoms with Gasteiger partial charge in [0, 0.05) is 23.1 Å². The Morgan fingerprint density at radius 2 is 1.73 bits per heavy atom. The lowest BCUT2D eigenvalue weighted by molar-refractivity contribution is -0.135. The van der Waals surface area contributed by atoms with Crippen molar-refractivity contribution in [2.45, 2.75) is 12.3 Å². The molecule has 0 aliphatic carbocycles. The molecular weight excluding hydrogens is 424 g/mol. The van der Waals surface area contributed by atoms with E-state index in [2.05, 4.69) is 0 Å². The van der Waals surface area contributed by atoms with Gasteiger partial charge in [0.1, 0.15) is 40.2 Å². The van der Waals surface area contributed by atoms with E-state index in [1.165, 1.54) is 19.4 Å². The zero-order chi connectivity index (χ0) is 23.1. The van der Waals surface area contributed by atoms with Gasteiger partial charge < -0.3 is 23.7 Å². The molecule has 33 heavy (non-hydrogen) atoms. The Hall–Kier alpha value is -4.26. The van der Waals surface area contributed by atoms with Crippen molar-refractivity contribution in [3.63, 3.8) is 0 Å². The average molecular weight is 444 g/mol. The van der Waals surface area contributed by atoms with Gasteiger partial charge in [-0.3, -0.25) is 9.59 Å². The number of para-hydroxylation sites is 1. The van der Waals surface area contributed by atoms with E-state index in [1.807, 2.05) is 12.1 Å². The molecule has 5 rings (SSSR count). The Bertz CT molecular complexity index is 1430. The van der Waals surface area contributed by atoms with E-state index in [9.17, 15) is 14.7 Å². The maximum absolute atomic E-state index is 13.5. The smallest absolute Gasteiger partial charge is 0.312 e. The third-order valence-electron chi connectivity index (χ3n) is 5.89. The van der Waals surface area contributed by atoms with Crippen molar-refractivity contribution in [1.82, 2.24) is 0 Å². The molecule has 0 amide bonds. The first-order chi connectivity index (χ1) is 16.0. The molecule has 0 saturated heterocycles. The molecule has 3 aromatic carbocycles. The van der Waals surface area contributed by atoms with Gasteiger partial charge in [0.05, 0.1) is 26.2 Å². The van der Waals surface area contributed by atoms with Crippen LogP contribution in [0.15, 0.2) is 70.1 Å². The summed E-state index contributed by atoms with van der Waals surface area (Å²) in [5.41, 5.74) is 1.94. The highest BCUT2D eigenvalue weighted by Gasteiger charge is 2.33. The van der Waals surface area contributed by atoms with Crippen molar-refractivity contribution in [2.75, 3.05) is 14.2 Å². The van der Waals surface area contributed by atoms with Gasteiger partial charge in [0.15, 0.2) is 0 Å². The number of phenolic OH excluding ortho intramolecular Hbond substituents is 1. The van der Waals surface area contributed by atoms with Crippen LogP contribution in [0.3, 0.4) is 0 Å². The molecule has 0 bridgehead atoms. The Kier molecular flexibility index (Phi) is 5.01. The fourth-order valence-corrected chi connectivity index (χ4v) is 4.31. The molecule has 1 unspecified atom stereocenters. The molecule has 1 aliphatic rings. The standard InChI is InChI=1S/C26H20O7/c1-30-15-9-7-14(8-10-15)17-11-22(28)33-21-12-19(27)24-25(29)18(13-32-26(24)23(17)21)16-5-3-4-6-20(16)31-2/h3-10,12-13,17,27H,11H2,1-2H3. The third-order valence-corrected chi connectivity index (χ3v) is 5.89. The Morgan fingerprint density at radius 3 is 2.45 bits per heavy atom. The summed E-state index contributed by atoms with van der Waals surface area (Å²) >= 11 is 0. The number of hydrogen-bond donors (Lipinski definition) is 1. The summed E-state index contributed by atoms with van der Waals surface area (Å²) in [6.07, 6.45) is 1.42. The fourth-order valence-electron chi connectivity index (χ4n) is 4.31. The molecule has 1 N–H and O–H groups in total. The summed E-state index contributed by atoms with van der Waals surface area (Å²) < 4.78 is 22.0. The van der Waals surface area contributed by atoms with Gasteiger partial charge in [-0.05, 0) is 23.8 Å². The zero-order valence-electron chi connectivity index (χ0n) is 18.0. The highest BCUT2D eigenvalue weighted by atomic mass is 16.5. The zero-order valence-corrected chi connectivity index (χ0v) is 18.0. The SMILES string of the molecule is COc1ccc(C2CC(=O)Oc3cc(O)c4c(=O)c(-c5ccccc5OC)coc4c32)cc1. The first-order valence-corrected chi connectivity index (χ1v) is 10.3. The second-order valence-electron chi connectivity index (χ2n) is 7.69. The van der Waals surface area contributed by atoms with E-state index in [4.69, 9.17) is 18.6 Å². The van der Waals surface area contributed by atoms with E-state index in [1.54, 1.807) is 43.5 Å². The van der Waals surface area contributed by atoms with Crippen molar-refractivity contribution in [2.24, 2.45) is 0 Å². The number of phenols is 1. The molecule has 2 heterocycles. The van der Waals surface area contributed by atoms with Crippen LogP contribution in [0.5, 0.6) is 23.0 Å². The minimum atomic E-state index is -0.435. The number of carbonyl (C=O) groups excluding carboxylic acids is 1. The number of esters is 1. The van der Waals surface area contributed by atoms with E-state index in [0.29, 0.717) is 22.6 Å². The van der Waals surface area contributed by atoms with Gasteiger partial charge in [-0.1, -0.05) is 30.3 Å². The van der Waals surface area contributed by atoms with Gasteiger partial charge >= 0.3 is 5.97 Å². The second-order valence-corrected chi connectivity index (χ2v) is 7.69. The number of benzene rings is 3. The molecule has 1 aliphatic heterocycles. The van der Waals surface area contributed by atoms with Crippen molar-refractivity contribution in [3.8, 4) is 34.1 Å². The lowest BCUT2D eigenvalue weighted by Crippen LogP contribution is -2.22. The molecule has 1 atom stereocenters. The lowest BCUT2D eigenvalue weighted by Gasteiger charge is -2.26. The topological polar surface area (TPSA) is 95.2 Å². The summed E-state index contributed by atoms with van der Waals surface area (Å²) in [6, 6.07) is 15.7. The summed E-state index contributed by atoms with van der Waals surface area (Å²) in [4.78, 5) is 25.8. The number of methoxy groups -OCH3 is 2. The molecule has 166 valence electrons. The molecule has 0 fully saturated rings. The van der Waals surface area contributed by atoms with Crippen LogP contribution in [0.2, 0.25) is 0 Å². The minimum absolute atomic E-state index is 0.0219. The first-order valence-electron chi connectivity index (χ1n) is 10.3. The number of ether oxygens (including phenoxy) is 3. The van der Waals surface area contributed by atoms with Crippen molar-refractivity contribution in [1.29, 1.82) is 0 Å². The molecule has 0 saturated carbocycles. The lowest BCUT2D eigenvalue weighted by atomic mass is 9.85. The van der Waals surface area contributed by atoms with Crippen LogP contribution in [0, 0.1) is 0 Å². The van der Waals surface area contributed by atoms with E-state index < -0.39 is 17.3 Å². The third kappa shape index (κ3) is 3.38.